The maximum absolute atomic E-state index is 12.7. The van der Waals surface area contributed by atoms with Crippen LogP contribution in [-0.2, 0) is 0 Å². The lowest BCUT2D eigenvalue weighted by molar-refractivity contribution is 0.292. The summed E-state index contributed by atoms with van der Waals surface area (Å²) in [7, 11) is 0. The van der Waals surface area contributed by atoms with Gasteiger partial charge in [-0.2, -0.15) is 0 Å². The highest BCUT2D eigenvalue weighted by Gasteiger charge is 1.99. The third kappa shape index (κ3) is 3.48. The first kappa shape index (κ1) is 10.7. The smallest absolute Gasteiger partial charge is 0.124 e. The van der Waals surface area contributed by atoms with Crippen molar-refractivity contribution in [3.8, 4) is 0 Å². The van der Waals surface area contributed by atoms with Gasteiger partial charge in [-0.3, -0.25) is 0 Å². The van der Waals surface area contributed by atoms with Gasteiger partial charge in [0.15, 0.2) is 0 Å². The minimum Gasteiger partial charge on any atom is -0.396 e. The normalized spacial score (nSPS) is 10.1. The lowest BCUT2D eigenvalue weighted by Gasteiger charge is -2.07. The Morgan fingerprint density at radius 2 is 2.23 bits per heavy atom. The number of rotatable bonds is 4. The van der Waals surface area contributed by atoms with Crippen molar-refractivity contribution in [3.63, 3.8) is 0 Å². The molecule has 1 aromatic carbocycles. The van der Waals surface area contributed by atoms with Gasteiger partial charge in [0.2, 0.25) is 0 Å². The molecule has 2 N–H and O–H groups in total. The van der Waals surface area contributed by atoms with Crippen molar-refractivity contribution in [2.24, 2.45) is 0 Å². The number of benzene rings is 1. The Bertz CT molecular complexity index is 280. The Morgan fingerprint density at radius 1 is 1.46 bits per heavy atom. The molecule has 0 heterocycles. The van der Waals surface area contributed by atoms with Gasteiger partial charge < -0.3 is 10.4 Å². The highest BCUT2D eigenvalue weighted by molar-refractivity contribution is 14.1. The topological polar surface area (TPSA) is 32.3 Å². The molecule has 0 aliphatic carbocycles. The summed E-state index contributed by atoms with van der Waals surface area (Å²) in [6, 6.07) is 4.60. The maximum atomic E-state index is 12.7. The SMILES string of the molecule is OCCCNc1ccc(F)cc1I. The minimum atomic E-state index is -0.225. The van der Waals surface area contributed by atoms with E-state index in [9.17, 15) is 4.39 Å². The summed E-state index contributed by atoms with van der Waals surface area (Å²) < 4.78 is 13.5. The van der Waals surface area contributed by atoms with Crippen LogP contribution < -0.4 is 5.32 Å². The van der Waals surface area contributed by atoms with Gasteiger partial charge in [-0.25, -0.2) is 4.39 Å². The van der Waals surface area contributed by atoms with E-state index in [2.05, 4.69) is 27.9 Å². The molecule has 72 valence electrons. The van der Waals surface area contributed by atoms with E-state index >= 15 is 0 Å². The Hall–Kier alpha value is -0.360. The first-order chi connectivity index (χ1) is 6.24. The van der Waals surface area contributed by atoms with Crippen LogP contribution in [0.15, 0.2) is 18.2 Å². The van der Waals surface area contributed by atoms with Crippen LogP contribution >= 0.6 is 22.6 Å². The fraction of sp³-hybridized carbons (Fsp3) is 0.333. The van der Waals surface area contributed by atoms with E-state index in [4.69, 9.17) is 5.11 Å². The summed E-state index contributed by atoms with van der Waals surface area (Å²) in [4.78, 5) is 0. The molecule has 0 saturated carbocycles. The third-order valence-electron chi connectivity index (χ3n) is 1.58. The molecule has 0 radical (unpaired) electrons. The van der Waals surface area contributed by atoms with Crippen LogP contribution in [0.25, 0.3) is 0 Å². The first-order valence-electron chi connectivity index (χ1n) is 4.04. The molecule has 0 bridgehead atoms. The molecule has 0 amide bonds. The predicted octanol–water partition coefficient (Wildman–Crippen LogP) is 2.22. The van der Waals surface area contributed by atoms with E-state index < -0.39 is 0 Å². The monoisotopic (exact) mass is 295 g/mol. The van der Waals surface area contributed by atoms with E-state index in [0.717, 1.165) is 9.26 Å². The average molecular weight is 295 g/mol. The van der Waals surface area contributed by atoms with Gasteiger partial charge in [0, 0.05) is 22.4 Å². The maximum Gasteiger partial charge on any atom is 0.124 e. The largest absolute Gasteiger partial charge is 0.396 e. The number of hydrogen-bond donors (Lipinski definition) is 2. The fourth-order valence-electron chi connectivity index (χ4n) is 0.935. The first-order valence-corrected chi connectivity index (χ1v) is 5.11. The second-order valence-corrected chi connectivity index (χ2v) is 3.79. The Kier molecular flexibility index (Phi) is 4.44. The molecule has 0 aromatic heterocycles. The summed E-state index contributed by atoms with van der Waals surface area (Å²) in [6.45, 7) is 0.878. The predicted molar refractivity (Wildman–Crippen MR) is 59.3 cm³/mol. The van der Waals surface area contributed by atoms with Gasteiger partial charge in [-0.05, 0) is 47.2 Å². The summed E-state index contributed by atoms with van der Waals surface area (Å²) in [6.07, 6.45) is 0.702. The van der Waals surface area contributed by atoms with Crippen LogP contribution in [0.2, 0.25) is 0 Å². The van der Waals surface area contributed by atoms with Gasteiger partial charge in [-0.1, -0.05) is 0 Å². The van der Waals surface area contributed by atoms with Gasteiger partial charge in [0.25, 0.3) is 0 Å². The number of anilines is 1. The standard InChI is InChI=1S/C9H11FINO/c10-7-2-3-9(8(11)6-7)12-4-1-5-13/h2-3,6,12-13H,1,4-5H2. The molecule has 0 aliphatic heterocycles. The minimum absolute atomic E-state index is 0.171. The van der Waals surface area contributed by atoms with E-state index in [1.54, 1.807) is 6.07 Å². The number of halogens is 2. The highest BCUT2D eigenvalue weighted by atomic mass is 127. The number of aliphatic hydroxyl groups excluding tert-OH is 1. The van der Waals surface area contributed by atoms with Gasteiger partial charge in [-0.15, -0.1) is 0 Å². The number of aliphatic hydroxyl groups is 1. The summed E-state index contributed by atoms with van der Waals surface area (Å²) in [5.74, 6) is -0.225. The molecule has 2 nitrogen and oxygen atoms in total. The molecule has 1 aromatic rings. The van der Waals surface area contributed by atoms with E-state index in [-0.39, 0.29) is 12.4 Å². The molecule has 0 fully saturated rings. The average Bonchev–Trinajstić information content (AvgIpc) is 2.09. The summed E-state index contributed by atoms with van der Waals surface area (Å²) in [5.41, 5.74) is 0.912. The number of hydrogen-bond acceptors (Lipinski definition) is 2. The van der Waals surface area contributed by atoms with Crippen LogP contribution in [-0.4, -0.2) is 18.3 Å². The second kappa shape index (κ2) is 5.39. The molecule has 0 atom stereocenters. The summed E-state index contributed by atoms with van der Waals surface area (Å²) >= 11 is 2.07. The fourth-order valence-corrected chi connectivity index (χ4v) is 1.60. The zero-order chi connectivity index (χ0) is 9.68. The van der Waals surface area contributed by atoms with E-state index in [0.29, 0.717) is 13.0 Å². The Labute approximate surface area is 90.3 Å². The summed E-state index contributed by atoms with van der Waals surface area (Å²) in [5, 5.41) is 11.7. The van der Waals surface area contributed by atoms with Crippen molar-refractivity contribution in [2.45, 2.75) is 6.42 Å². The third-order valence-corrected chi connectivity index (χ3v) is 2.47. The van der Waals surface area contributed by atoms with Crippen molar-refractivity contribution >= 4 is 28.3 Å². The molecule has 0 unspecified atom stereocenters. The lowest BCUT2D eigenvalue weighted by atomic mass is 10.3. The van der Waals surface area contributed by atoms with Crippen molar-refractivity contribution in [1.82, 2.24) is 0 Å². The Morgan fingerprint density at radius 3 is 2.85 bits per heavy atom. The van der Waals surface area contributed by atoms with Crippen LogP contribution in [0.4, 0.5) is 10.1 Å². The molecular formula is C9H11FINO. The van der Waals surface area contributed by atoms with Crippen molar-refractivity contribution < 1.29 is 9.50 Å². The van der Waals surface area contributed by atoms with Crippen molar-refractivity contribution in [3.05, 3.63) is 27.6 Å². The number of nitrogens with one attached hydrogen (secondary N) is 1. The molecule has 0 aliphatic rings. The van der Waals surface area contributed by atoms with Crippen LogP contribution in [0, 0.1) is 9.39 Å². The van der Waals surface area contributed by atoms with Crippen molar-refractivity contribution in [2.75, 3.05) is 18.5 Å². The molecule has 1 rings (SSSR count). The molecule has 4 heteroatoms. The molecule has 0 saturated heterocycles. The van der Waals surface area contributed by atoms with E-state index in [1.807, 2.05) is 0 Å². The van der Waals surface area contributed by atoms with Gasteiger partial charge in [0.1, 0.15) is 5.82 Å². The molecule has 13 heavy (non-hydrogen) atoms. The highest BCUT2D eigenvalue weighted by Crippen LogP contribution is 2.18. The van der Waals surface area contributed by atoms with Gasteiger partial charge >= 0.3 is 0 Å². The van der Waals surface area contributed by atoms with E-state index in [1.165, 1.54) is 12.1 Å². The van der Waals surface area contributed by atoms with Crippen LogP contribution in [0.5, 0.6) is 0 Å². The van der Waals surface area contributed by atoms with Gasteiger partial charge in [0.05, 0.1) is 0 Å². The van der Waals surface area contributed by atoms with Crippen LogP contribution in [0.3, 0.4) is 0 Å². The van der Waals surface area contributed by atoms with Crippen LogP contribution in [0.1, 0.15) is 6.42 Å². The molecule has 0 spiro atoms. The lowest BCUT2D eigenvalue weighted by Crippen LogP contribution is -2.04. The quantitative estimate of drug-likeness (QED) is 0.659. The second-order valence-electron chi connectivity index (χ2n) is 2.63. The Balaban J connectivity index is 2.56. The van der Waals surface area contributed by atoms with Crippen molar-refractivity contribution in [1.29, 1.82) is 0 Å². The zero-order valence-corrected chi connectivity index (χ0v) is 9.21. The molecular weight excluding hydrogens is 284 g/mol. The zero-order valence-electron chi connectivity index (χ0n) is 7.06.